The lowest BCUT2D eigenvalue weighted by atomic mass is 9.93. The zero-order valence-electron chi connectivity index (χ0n) is 12.9. The summed E-state index contributed by atoms with van der Waals surface area (Å²) in [5.74, 6) is 1.72. The molecule has 0 atom stereocenters. The van der Waals surface area contributed by atoms with Crippen molar-refractivity contribution in [2.45, 2.75) is 45.8 Å². The molecule has 0 radical (unpaired) electrons. The van der Waals surface area contributed by atoms with E-state index >= 15 is 0 Å². The third kappa shape index (κ3) is 4.18. The van der Waals surface area contributed by atoms with E-state index in [1.807, 2.05) is 19.2 Å². The largest absolute Gasteiger partial charge is 0.390 e. The molecule has 0 unspecified atom stereocenters. The highest BCUT2D eigenvalue weighted by atomic mass is 16.3. The second kappa shape index (κ2) is 6.55. The molecular weight excluding hydrogens is 250 g/mol. The molecule has 0 spiro atoms. The average molecular weight is 277 g/mol. The van der Waals surface area contributed by atoms with Crippen LogP contribution < -0.4 is 10.2 Å². The van der Waals surface area contributed by atoms with Gasteiger partial charge < -0.3 is 15.3 Å². The third-order valence-corrected chi connectivity index (χ3v) is 3.88. The fraction of sp³-hybridized carbons (Fsp3) is 0.688. The molecule has 2 rings (SSSR count). The fourth-order valence-electron chi connectivity index (χ4n) is 2.55. The normalized spacial score (nSPS) is 18.6. The number of nitrogens with zero attached hydrogens (tertiary/aromatic N) is 2. The van der Waals surface area contributed by atoms with Gasteiger partial charge in [-0.2, -0.15) is 0 Å². The van der Waals surface area contributed by atoms with Crippen LogP contribution in [0.15, 0.2) is 18.3 Å². The minimum absolute atomic E-state index is 0.513. The van der Waals surface area contributed by atoms with Gasteiger partial charge in [0.15, 0.2) is 0 Å². The van der Waals surface area contributed by atoms with Crippen molar-refractivity contribution in [2.24, 2.45) is 5.92 Å². The Bertz CT molecular complexity index is 421. The standard InChI is InChI=1S/C16H27N3O/c1-13(2)11-17-12-14-5-4-8-18-15(14)19-9-6-16(3,20)7-10-19/h4-5,8,13,17,20H,6-7,9-12H2,1-3H3. The zero-order chi connectivity index (χ0) is 14.6. The predicted molar refractivity (Wildman–Crippen MR) is 82.9 cm³/mol. The Hall–Kier alpha value is -1.13. The Labute approximate surface area is 122 Å². The van der Waals surface area contributed by atoms with Gasteiger partial charge in [-0.05, 0) is 38.3 Å². The predicted octanol–water partition coefficient (Wildman–Crippen LogP) is 2.18. The van der Waals surface area contributed by atoms with Crippen LogP contribution in [0.2, 0.25) is 0 Å². The van der Waals surface area contributed by atoms with Crippen molar-refractivity contribution in [3.8, 4) is 0 Å². The fourth-order valence-corrected chi connectivity index (χ4v) is 2.55. The van der Waals surface area contributed by atoms with Crippen LogP contribution in [-0.2, 0) is 6.54 Å². The first-order chi connectivity index (χ1) is 9.48. The van der Waals surface area contributed by atoms with Crippen LogP contribution in [0.4, 0.5) is 5.82 Å². The molecule has 1 aromatic rings. The van der Waals surface area contributed by atoms with E-state index < -0.39 is 5.60 Å². The van der Waals surface area contributed by atoms with Crippen molar-refractivity contribution in [2.75, 3.05) is 24.5 Å². The number of hydrogen-bond acceptors (Lipinski definition) is 4. The Kier molecular flexibility index (Phi) is 5.00. The highest BCUT2D eigenvalue weighted by molar-refractivity contribution is 5.47. The summed E-state index contributed by atoms with van der Waals surface area (Å²) in [6.07, 6.45) is 3.47. The summed E-state index contributed by atoms with van der Waals surface area (Å²) in [7, 11) is 0. The third-order valence-electron chi connectivity index (χ3n) is 3.88. The molecule has 1 fully saturated rings. The van der Waals surface area contributed by atoms with Gasteiger partial charge in [0.1, 0.15) is 5.82 Å². The van der Waals surface area contributed by atoms with Gasteiger partial charge >= 0.3 is 0 Å². The second-order valence-corrected chi connectivity index (χ2v) is 6.49. The maximum atomic E-state index is 10.1. The molecule has 0 aromatic carbocycles. The van der Waals surface area contributed by atoms with E-state index in [0.717, 1.165) is 44.8 Å². The Morgan fingerprint density at radius 2 is 2.10 bits per heavy atom. The van der Waals surface area contributed by atoms with Gasteiger partial charge in [0, 0.05) is 31.4 Å². The molecule has 1 aliphatic heterocycles. The first-order valence-electron chi connectivity index (χ1n) is 7.60. The Morgan fingerprint density at radius 3 is 2.75 bits per heavy atom. The number of hydrogen-bond donors (Lipinski definition) is 2. The lowest BCUT2D eigenvalue weighted by molar-refractivity contribution is 0.0350. The van der Waals surface area contributed by atoms with Gasteiger partial charge in [-0.3, -0.25) is 0 Å². The SMILES string of the molecule is CC(C)CNCc1cccnc1N1CCC(C)(O)CC1. The molecule has 0 amide bonds. The summed E-state index contributed by atoms with van der Waals surface area (Å²) in [5, 5.41) is 13.5. The smallest absolute Gasteiger partial charge is 0.133 e. The first-order valence-corrected chi connectivity index (χ1v) is 7.60. The number of pyridine rings is 1. The minimum Gasteiger partial charge on any atom is -0.390 e. The highest BCUT2D eigenvalue weighted by Crippen LogP contribution is 2.26. The topological polar surface area (TPSA) is 48.4 Å². The summed E-state index contributed by atoms with van der Waals surface area (Å²) >= 11 is 0. The van der Waals surface area contributed by atoms with Crippen LogP contribution in [0.1, 0.15) is 39.2 Å². The van der Waals surface area contributed by atoms with Crippen molar-refractivity contribution < 1.29 is 5.11 Å². The molecule has 1 saturated heterocycles. The van der Waals surface area contributed by atoms with Crippen molar-refractivity contribution in [1.29, 1.82) is 0 Å². The Morgan fingerprint density at radius 1 is 1.40 bits per heavy atom. The monoisotopic (exact) mass is 277 g/mol. The molecule has 112 valence electrons. The van der Waals surface area contributed by atoms with Crippen molar-refractivity contribution in [3.63, 3.8) is 0 Å². The van der Waals surface area contributed by atoms with E-state index in [0.29, 0.717) is 5.92 Å². The molecule has 1 aliphatic rings. The van der Waals surface area contributed by atoms with Crippen LogP contribution >= 0.6 is 0 Å². The van der Waals surface area contributed by atoms with Gasteiger partial charge in [-0.25, -0.2) is 4.98 Å². The van der Waals surface area contributed by atoms with Gasteiger partial charge in [-0.15, -0.1) is 0 Å². The minimum atomic E-state index is -0.513. The summed E-state index contributed by atoms with van der Waals surface area (Å²) in [5.41, 5.74) is 0.733. The number of anilines is 1. The van der Waals surface area contributed by atoms with Gasteiger partial charge in [-0.1, -0.05) is 19.9 Å². The number of nitrogens with one attached hydrogen (secondary N) is 1. The average Bonchev–Trinajstić information content (AvgIpc) is 2.39. The highest BCUT2D eigenvalue weighted by Gasteiger charge is 2.28. The lowest BCUT2D eigenvalue weighted by Crippen LogP contribution is -2.43. The number of piperidine rings is 1. The molecule has 2 heterocycles. The molecule has 2 N–H and O–H groups in total. The van der Waals surface area contributed by atoms with E-state index in [1.54, 1.807) is 0 Å². The Balaban J connectivity index is 2.01. The van der Waals surface area contributed by atoms with E-state index in [2.05, 4.69) is 35.1 Å². The second-order valence-electron chi connectivity index (χ2n) is 6.49. The summed E-state index contributed by atoms with van der Waals surface area (Å²) in [4.78, 5) is 6.85. The van der Waals surface area contributed by atoms with Crippen LogP contribution in [0.3, 0.4) is 0 Å². The van der Waals surface area contributed by atoms with E-state index in [-0.39, 0.29) is 0 Å². The molecule has 0 aliphatic carbocycles. The molecule has 4 heteroatoms. The summed E-state index contributed by atoms with van der Waals surface area (Å²) in [6.45, 7) is 9.97. The van der Waals surface area contributed by atoms with E-state index in [1.165, 1.54) is 5.56 Å². The number of aromatic nitrogens is 1. The van der Waals surface area contributed by atoms with Gasteiger partial charge in [0.05, 0.1) is 5.60 Å². The number of rotatable bonds is 5. The van der Waals surface area contributed by atoms with Crippen molar-refractivity contribution >= 4 is 5.82 Å². The van der Waals surface area contributed by atoms with E-state index in [9.17, 15) is 5.11 Å². The van der Waals surface area contributed by atoms with Gasteiger partial charge in [0.2, 0.25) is 0 Å². The van der Waals surface area contributed by atoms with Crippen molar-refractivity contribution in [3.05, 3.63) is 23.9 Å². The van der Waals surface area contributed by atoms with Crippen molar-refractivity contribution in [1.82, 2.24) is 10.3 Å². The van der Waals surface area contributed by atoms with Crippen LogP contribution in [-0.4, -0.2) is 35.3 Å². The molecule has 4 nitrogen and oxygen atoms in total. The molecule has 20 heavy (non-hydrogen) atoms. The maximum absolute atomic E-state index is 10.1. The van der Waals surface area contributed by atoms with Gasteiger partial charge in [0.25, 0.3) is 0 Å². The number of aliphatic hydroxyl groups is 1. The molecule has 1 aromatic heterocycles. The van der Waals surface area contributed by atoms with E-state index in [4.69, 9.17) is 0 Å². The van der Waals surface area contributed by atoms with Crippen LogP contribution in [0, 0.1) is 5.92 Å². The first kappa shape index (κ1) is 15.3. The van der Waals surface area contributed by atoms with Crippen LogP contribution in [0.5, 0.6) is 0 Å². The van der Waals surface area contributed by atoms with Crippen LogP contribution in [0.25, 0.3) is 0 Å². The molecule has 0 bridgehead atoms. The molecule has 0 saturated carbocycles. The zero-order valence-corrected chi connectivity index (χ0v) is 12.9. The maximum Gasteiger partial charge on any atom is 0.133 e. The summed E-state index contributed by atoms with van der Waals surface area (Å²) in [6, 6.07) is 4.14. The summed E-state index contributed by atoms with van der Waals surface area (Å²) < 4.78 is 0. The quantitative estimate of drug-likeness (QED) is 0.866. The lowest BCUT2D eigenvalue weighted by Gasteiger charge is -2.37. The molecular formula is C16H27N3O.